The lowest BCUT2D eigenvalue weighted by atomic mass is 9.87. The quantitative estimate of drug-likeness (QED) is 0.743. The van der Waals surface area contributed by atoms with Crippen molar-refractivity contribution < 1.29 is 8.42 Å². The molecule has 5 heteroatoms. The Morgan fingerprint density at radius 3 is 2.18 bits per heavy atom. The number of rotatable bonds is 5. The van der Waals surface area contributed by atoms with Crippen molar-refractivity contribution in [3.05, 3.63) is 41.7 Å². The second kappa shape index (κ2) is 7.51. The molecule has 0 radical (unpaired) electrons. The van der Waals surface area contributed by atoms with Crippen LogP contribution >= 0.6 is 0 Å². The molecule has 0 unspecified atom stereocenters. The van der Waals surface area contributed by atoms with E-state index in [4.69, 9.17) is 0 Å². The molecule has 2 saturated carbocycles. The van der Waals surface area contributed by atoms with Gasteiger partial charge in [0.1, 0.15) is 0 Å². The largest absolute Gasteiger partial charge is 0.382 e. The molecule has 150 valence electrons. The van der Waals surface area contributed by atoms with Crippen LogP contribution in [0.25, 0.3) is 11.1 Å². The Labute approximate surface area is 168 Å². The maximum atomic E-state index is 12.8. The van der Waals surface area contributed by atoms with Gasteiger partial charge in [0.15, 0.2) is 9.84 Å². The minimum absolute atomic E-state index is 0.195. The Morgan fingerprint density at radius 2 is 1.57 bits per heavy atom. The molecule has 0 aliphatic heterocycles. The maximum Gasteiger partial charge on any atom is 0.181 e. The molecule has 0 spiro atoms. The van der Waals surface area contributed by atoms with Crippen LogP contribution in [0.15, 0.2) is 35.2 Å². The lowest BCUT2D eigenvalue weighted by Crippen LogP contribution is -2.25. The molecule has 1 aromatic carbocycles. The number of hydrogen-bond acceptors (Lipinski definition) is 4. The Hall–Kier alpha value is -1.88. The van der Waals surface area contributed by atoms with Crippen molar-refractivity contribution in [1.29, 1.82) is 0 Å². The summed E-state index contributed by atoms with van der Waals surface area (Å²) in [6, 6.07) is 10.2. The Bertz CT molecular complexity index is 952. The molecule has 0 atom stereocenters. The molecular weight excluding hydrogens is 368 g/mol. The van der Waals surface area contributed by atoms with Gasteiger partial charge in [0.2, 0.25) is 0 Å². The highest BCUT2D eigenvalue weighted by Crippen LogP contribution is 2.38. The average Bonchev–Trinajstić information content (AvgIpc) is 3.49. The third-order valence-electron chi connectivity index (χ3n) is 6.05. The number of aryl methyl sites for hydroxylation is 2. The van der Waals surface area contributed by atoms with Crippen LogP contribution in [0, 0.1) is 19.8 Å². The highest BCUT2D eigenvalue weighted by Gasteiger charge is 2.37. The van der Waals surface area contributed by atoms with E-state index in [0.717, 1.165) is 59.8 Å². The van der Waals surface area contributed by atoms with Crippen LogP contribution in [0.5, 0.6) is 0 Å². The first kappa shape index (κ1) is 19.4. The van der Waals surface area contributed by atoms with Gasteiger partial charge in [-0.15, -0.1) is 0 Å². The number of nitrogens with zero attached hydrogens (tertiary/aromatic N) is 1. The van der Waals surface area contributed by atoms with E-state index in [1.807, 2.05) is 38.1 Å². The van der Waals surface area contributed by atoms with Crippen LogP contribution in [0.1, 0.15) is 56.8 Å². The standard InChI is InChI=1S/C23H30N2O2S/c1-15-4-6-19(7-5-15)25-23-11-10-21(28(26,27)20-8-9-20)14-22(23)18-12-16(2)24-17(3)13-18/h10-15,19-20,25H,4-9H2,1-3H3/t15-,19-. The number of nitrogens with one attached hydrogen (secondary N) is 1. The van der Waals surface area contributed by atoms with Crippen molar-refractivity contribution >= 4 is 15.5 Å². The van der Waals surface area contributed by atoms with E-state index in [2.05, 4.69) is 17.2 Å². The van der Waals surface area contributed by atoms with Crippen molar-refractivity contribution in [2.45, 2.75) is 75.5 Å². The molecule has 2 aliphatic rings. The highest BCUT2D eigenvalue weighted by molar-refractivity contribution is 7.92. The fourth-order valence-electron chi connectivity index (χ4n) is 4.25. The van der Waals surface area contributed by atoms with E-state index in [0.29, 0.717) is 10.9 Å². The van der Waals surface area contributed by atoms with Crippen LogP contribution in [-0.2, 0) is 9.84 Å². The average molecular weight is 399 g/mol. The van der Waals surface area contributed by atoms with Gasteiger partial charge in [-0.05, 0) is 94.2 Å². The molecule has 2 aromatic rings. The molecule has 4 rings (SSSR count). The third-order valence-corrected chi connectivity index (χ3v) is 8.31. The molecule has 2 fully saturated rings. The zero-order valence-electron chi connectivity index (χ0n) is 17.0. The first-order chi connectivity index (χ1) is 13.3. The minimum atomic E-state index is -3.22. The van der Waals surface area contributed by atoms with Crippen LogP contribution in [0.3, 0.4) is 0 Å². The normalized spacial score (nSPS) is 22.8. The number of hydrogen-bond donors (Lipinski definition) is 1. The smallest absolute Gasteiger partial charge is 0.181 e. The van der Waals surface area contributed by atoms with Crippen molar-refractivity contribution in [3.63, 3.8) is 0 Å². The summed E-state index contributed by atoms with van der Waals surface area (Å²) in [7, 11) is -3.22. The predicted octanol–water partition coefficient (Wildman–Crippen LogP) is 5.29. The van der Waals surface area contributed by atoms with Gasteiger partial charge in [-0.1, -0.05) is 6.92 Å². The Kier molecular flexibility index (Phi) is 5.21. The van der Waals surface area contributed by atoms with E-state index in [9.17, 15) is 8.42 Å². The van der Waals surface area contributed by atoms with Crippen molar-refractivity contribution in [1.82, 2.24) is 4.98 Å². The van der Waals surface area contributed by atoms with Gasteiger partial charge in [0.05, 0.1) is 10.1 Å². The number of aromatic nitrogens is 1. The molecule has 1 aromatic heterocycles. The van der Waals surface area contributed by atoms with Gasteiger partial charge in [-0.3, -0.25) is 4.98 Å². The summed E-state index contributed by atoms with van der Waals surface area (Å²) in [5.74, 6) is 0.800. The molecule has 0 amide bonds. The minimum Gasteiger partial charge on any atom is -0.382 e. The van der Waals surface area contributed by atoms with Crippen LogP contribution in [0.2, 0.25) is 0 Å². The molecule has 28 heavy (non-hydrogen) atoms. The van der Waals surface area contributed by atoms with Crippen LogP contribution < -0.4 is 5.32 Å². The van der Waals surface area contributed by atoms with Gasteiger partial charge in [-0.25, -0.2) is 8.42 Å². The van der Waals surface area contributed by atoms with Gasteiger partial charge < -0.3 is 5.32 Å². The molecule has 1 heterocycles. The maximum absolute atomic E-state index is 12.8. The summed E-state index contributed by atoms with van der Waals surface area (Å²) in [5, 5.41) is 3.52. The van der Waals surface area contributed by atoms with E-state index in [1.165, 1.54) is 12.8 Å². The second-order valence-electron chi connectivity index (χ2n) is 8.69. The Balaban J connectivity index is 1.74. The first-order valence-electron chi connectivity index (χ1n) is 10.4. The van der Waals surface area contributed by atoms with Gasteiger partial charge >= 0.3 is 0 Å². The topological polar surface area (TPSA) is 59.1 Å². The van der Waals surface area contributed by atoms with E-state index >= 15 is 0 Å². The number of pyridine rings is 1. The second-order valence-corrected chi connectivity index (χ2v) is 10.9. The van der Waals surface area contributed by atoms with Crippen LogP contribution in [0.4, 0.5) is 5.69 Å². The molecular formula is C23H30N2O2S. The molecule has 0 saturated heterocycles. The summed E-state index contributed by atoms with van der Waals surface area (Å²) >= 11 is 0. The predicted molar refractivity (Wildman–Crippen MR) is 114 cm³/mol. The number of benzene rings is 1. The summed E-state index contributed by atoms with van der Waals surface area (Å²) < 4.78 is 25.6. The van der Waals surface area contributed by atoms with E-state index in [1.54, 1.807) is 6.07 Å². The summed E-state index contributed by atoms with van der Waals surface area (Å²) in [6.07, 6.45) is 6.38. The van der Waals surface area contributed by atoms with E-state index < -0.39 is 9.84 Å². The summed E-state index contributed by atoms with van der Waals surface area (Å²) in [5.41, 5.74) is 4.92. The fraction of sp³-hybridized carbons (Fsp3) is 0.522. The van der Waals surface area contributed by atoms with Crippen molar-refractivity contribution in [2.24, 2.45) is 5.92 Å². The molecule has 4 nitrogen and oxygen atoms in total. The zero-order chi connectivity index (χ0) is 19.9. The van der Waals surface area contributed by atoms with Crippen molar-refractivity contribution in [2.75, 3.05) is 5.32 Å². The van der Waals surface area contributed by atoms with Gasteiger partial charge in [-0.2, -0.15) is 0 Å². The lowest BCUT2D eigenvalue weighted by Gasteiger charge is -2.29. The van der Waals surface area contributed by atoms with E-state index in [-0.39, 0.29) is 5.25 Å². The van der Waals surface area contributed by atoms with Crippen molar-refractivity contribution in [3.8, 4) is 11.1 Å². The third kappa shape index (κ3) is 4.09. The molecule has 1 N–H and O–H groups in total. The fourth-order valence-corrected chi connectivity index (χ4v) is 5.93. The zero-order valence-corrected chi connectivity index (χ0v) is 17.8. The van der Waals surface area contributed by atoms with Gasteiger partial charge in [0, 0.05) is 28.7 Å². The summed E-state index contributed by atoms with van der Waals surface area (Å²) in [6.45, 7) is 6.29. The number of anilines is 1. The van der Waals surface area contributed by atoms with Crippen LogP contribution in [-0.4, -0.2) is 24.7 Å². The SMILES string of the molecule is Cc1cc(-c2cc(S(=O)(=O)C3CC3)ccc2N[C@H]2CC[C@H](C)CC2)cc(C)n1. The lowest BCUT2D eigenvalue weighted by molar-refractivity contribution is 0.361. The molecule has 2 aliphatic carbocycles. The monoisotopic (exact) mass is 398 g/mol. The highest BCUT2D eigenvalue weighted by atomic mass is 32.2. The number of sulfone groups is 1. The molecule has 0 bridgehead atoms. The van der Waals surface area contributed by atoms with Gasteiger partial charge in [0.25, 0.3) is 0 Å². The first-order valence-corrected chi connectivity index (χ1v) is 12.0. The Morgan fingerprint density at radius 1 is 0.929 bits per heavy atom. The summed E-state index contributed by atoms with van der Waals surface area (Å²) in [4.78, 5) is 4.93.